The maximum Gasteiger partial charge on any atom is 0.416 e. The van der Waals surface area contributed by atoms with E-state index >= 15 is 0 Å². The lowest BCUT2D eigenvalue weighted by Gasteiger charge is -2.10. The number of rotatable bonds is 4. The van der Waals surface area contributed by atoms with E-state index in [9.17, 15) is 13.2 Å². The number of hydrogen-bond acceptors (Lipinski definition) is 1. The van der Waals surface area contributed by atoms with Gasteiger partial charge in [-0.15, -0.1) is 6.58 Å². The topological polar surface area (TPSA) is 9.23 Å². The fourth-order valence-corrected chi connectivity index (χ4v) is 1.59. The first-order valence-corrected chi connectivity index (χ1v) is 5.28. The van der Waals surface area contributed by atoms with E-state index in [1.165, 1.54) is 6.07 Å². The van der Waals surface area contributed by atoms with Crippen molar-refractivity contribution in [3.63, 3.8) is 0 Å². The molecule has 0 radical (unpaired) electrons. The highest BCUT2D eigenvalue weighted by Gasteiger charge is 2.30. The van der Waals surface area contributed by atoms with Gasteiger partial charge in [-0.2, -0.15) is 13.2 Å². The van der Waals surface area contributed by atoms with Gasteiger partial charge in [0.1, 0.15) is 0 Å². The van der Waals surface area contributed by atoms with Crippen LogP contribution in [-0.2, 0) is 17.5 Å². The fraction of sp³-hybridized carbons (Fsp3) is 0.273. The van der Waals surface area contributed by atoms with Crippen LogP contribution in [0.25, 0.3) is 0 Å². The molecule has 0 fully saturated rings. The Morgan fingerprint density at radius 3 is 2.56 bits per heavy atom. The van der Waals surface area contributed by atoms with Crippen LogP contribution in [-0.4, -0.2) is 6.61 Å². The molecule has 0 amide bonds. The standard InChI is InChI=1S/C11H10BrF3O/c1-2-5-16-7-8-3-4-9(6-10(8)12)11(13,14)15/h2-4,6H,1,5,7H2. The number of halogens is 4. The highest BCUT2D eigenvalue weighted by molar-refractivity contribution is 9.10. The smallest absolute Gasteiger partial charge is 0.373 e. The molecule has 0 aromatic heterocycles. The second-order valence-corrected chi connectivity index (χ2v) is 3.96. The zero-order valence-corrected chi connectivity index (χ0v) is 9.94. The lowest BCUT2D eigenvalue weighted by atomic mass is 10.1. The molecule has 0 saturated heterocycles. The molecule has 0 aliphatic rings. The van der Waals surface area contributed by atoms with Crippen molar-refractivity contribution < 1.29 is 17.9 Å². The van der Waals surface area contributed by atoms with Crippen LogP contribution in [0.2, 0.25) is 0 Å². The van der Waals surface area contributed by atoms with Crippen molar-refractivity contribution in [2.75, 3.05) is 6.61 Å². The lowest BCUT2D eigenvalue weighted by molar-refractivity contribution is -0.137. The van der Waals surface area contributed by atoms with E-state index in [1.807, 2.05) is 0 Å². The molecule has 0 N–H and O–H groups in total. The van der Waals surface area contributed by atoms with Gasteiger partial charge in [0, 0.05) is 4.47 Å². The Kier molecular flexibility index (Phi) is 4.56. The minimum absolute atomic E-state index is 0.255. The van der Waals surface area contributed by atoms with Crippen molar-refractivity contribution in [3.05, 3.63) is 46.5 Å². The number of benzene rings is 1. The van der Waals surface area contributed by atoms with Crippen LogP contribution in [0.5, 0.6) is 0 Å². The van der Waals surface area contributed by atoms with E-state index in [0.29, 0.717) is 16.6 Å². The van der Waals surface area contributed by atoms with Gasteiger partial charge < -0.3 is 4.74 Å². The van der Waals surface area contributed by atoms with E-state index in [2.05, 4.69) is 22.5 Å². The van der Waals surface area contributed by atoms with Gasteiger partial charge in [-0.25, -0.2) is 0 Å². The molecule has 0 bridgehead atoms. The van der Waals surface area contributed by atoms with Crippen LogP contribution < -0.4 is 0 Å². The fourth-order valence-electron chi connectivity index (χ4n) is 1.09. The quantitative estimate of drug-likeness (QED) is 0.598. The van der Waals surface area contributed by atoms with E-state index in [1.54, 1.807) is 6.08 Å². The molecule has 16 heavy (non-hydrogen) atoms. The molecule has 0 unspecified atom stereocenters. The van der Waals surface area contributed by atoms with Crippen LogP contribution in [0.15, 0.2) is 35.3 Å². The summed E-state index contributed by atoms with van der Waals surface area (Å²) in [7, 11) is 0. The van der Waals surface area contributed by atoms with Gasteiger partial charge >= 0.3 is 6.18 Å². The second kappa shape index (κ2) is 5.50. The third-order valence-corrected chi connectivity index (χ3v) is 2.61. The minimum Gasteiger partial charge on any atom is -0.373 e. The zero-order chi connectivity index (χ0) is 12.2. The van der Waals surface area contributed by atoms with Crippen molar-refractivity contribution in [3.8, 4) is 0 Å². The predicted octanol–water partition coefficient (Wildman–Crippen LogP) is 4.17. The highest BCUT2D eigenvalue weighted by Crippen LogP contribution is 2.32. The molecular weight excluding hydrogens is 285 g/mol. The van der Waals surface area contributed by atoms with Crippen LogP contribution in [0.3, 0.4) is 0 Å². The van der Waals surface area contributed by atoms with Crippen LogP contribution in [0.4, 0.5) is 13.2 Å². The summed E-state index contributed by atoms with van der Waals surface area (Å²) < 4.78 is 42.6. The summed E-state index contributed by atoms with van der Waals surface area (Å²) in [4.78, 5) is 0. The van der Waals surface area contributed by atoms with Gasteiger partial charge in [-0.1, -0.05) is 28.1 Å². The molecular formula is C11H10BrF3O. The first-order valence-electron chi connectivity index (χ1n) is 4.49. The lowest BCUT2D eigenvalue weighted by Crippen LogP contribution is -2.05. The van der Waals surface area contributed by atoms with E-state index in [4.69, 9.17) is 4.74 Å². The normalized spacial score (nSPS) is 11.5. The summed E-state index contributed by atoms with van der Waals surface area (Å²) >= 11 is 3.09. The summed E-state index contributed by atoms with van der Waals surface area (Å²) in [5.41, 5.74) is 0.00157. The molecule has 1 rings (SSSR count). The molecule has 88 valence electrons. The Labute approximate surface area is 100 Å². The van der Waals surface area contributed by atoms with Crippen molar-refractivity contribution in [2.24, 2.45) is 0 Å². The molecule has 1 aromatic carbocycles. The molecule has 1 aromatic rings. The van der Waals surface area contributed by atoms with Crippen LogP contribution in [0, 0.1) is 0 Å². The Bertz CT molecular complexity index is 374. The highest BCUT2D eigenvalue weighted by atomic mass is 79.9. The van der Waals surface area contributed by atoms with E-state index < -0.39 is 11.7 Å². The summed E-state index contributed by atoms with van der Waals surface area (Å²) in [6.07, 6.45) is -2.74. The first kappa shape index (κ1) is 13.3. The second-order valence-electron chi connectivity index (χ2n) is 3.11. The van der Waals surface area contributed by atoms with Gasteiger partial charge in [0.2, 0.25) is 0 Å². The Hall–Kier alpha value is -0.810. The molecule has 0 aliphatic heterocycles. The Morgan fingerprint density at radius 2 is 2.06 bits per heavy atom. The van der Waals surface area contributed by atoms with Crippen molar-refractivity contribution in [2.45, 2.75) is 12.8 Å². The van der Waals surface area contributed by atoms with Crippen molar-refractivity contribution >= 4 is 15.9 Å². The molecule has 0 saturated carbocycles. The van der Waals surface area contributed by atoms with Crippen molar-refractivity contribution in [1.29, 1.82) is 0 Å². The summed E-state index contributed by atoms with van der Waals surface area (Å²) in [5, 5.41) is 0. The maximum absolute atomic E-state index is 12.3. The summed E-state index contributed by atoms with van der Waals surface area (Å²) in [5.74, 6) is 0. The van der Waals surface area contributed by atoms with E-state index in [-0.39, 0.29) is 6.61 Å². The maximum atomic E-state index is 12.3. The SMILES string of the molecule is C=CCOCc1ccc(C(F)(F)F)cc1Br. The summed E-state index contributed by atoms with van der Waals surface area (Å²) in [6, 6.07) is 3.49. The minimum atomic E-state index is -4.32. The molecule has 0 atom stereocenters. The number of ether oxygens (including phenoxy) is 1. The van der Waals surface area contributed by atoms with Crippen LogP contribution in [0.1, 0.15) is 11.1 Å². The molecule has 0 heterocycles. The number of hydrogen-bond donors (Lipinski definition) is 0. The van der Waals surface area contributed by atoms with Gasteiger partial charge in [-0.05, 0) is 17.7 Å². The molecule has 1 nitrogen and oxygen atoms in total. The largest absolute Gasteiger partial charge is 0.416 e. The monoisotopic (exact) mass is 294 g/mol. The molecule has 0 aliphatic carbocycles. The summed E-state index contributed by atoms with van der Waals surface area (Å²) in [6.45, 7) is 4.10. The first-order chi connectivity index (χ1) is 7.45. The van der Waals surface area contributed by atoms with E-state index in [0.717, 1.165) is 12.1 Å². The predicted molar refractivity (Wildman–Crippen MR) is 59.0 cm³/mol. The average Bonchev–Trinajstić information content (AvgIpc) is 2.19. The Morgan fingerprint density at radius 1 is 1.38 bits per heavy atom. The van der Waals surface area contributed by atoms with Gasteiger partial charge in [-0.3, -0.25) is 0 Å². The number of alkyl halides is 3. The van der Waals surface area contributed by atoms with Gasteiger partial charge in [0.15, 0.2) is 0 Å². The molecule has 5 heteroatoms. The third kappa shape index (κ3) is 3.64. The van der Waals surface area contributed by atoms with Gasteiger partial charge in [0.05, 0.1) is 18.8 Å². The average molecular weight is 295 g/mol. The third-order valence-electron chi connectivity index (χ3n) is 1.87. The van der Waals surface area contributed by atoms with Crippen LogP contribution >= 0.6 is 15.9 Å². The van der Waals surface area contributed by atoms with Gasteiger partial charge in [0.25, 0.3) is 0 Å². The zero-order valence-electron chi connectivity index (χ0n) is 8.35. The van der Waals surface area contributed by atoms with Crippen molar-refractivity contribution in [1.82, 2.24) is 0 Å². The molecule has 0 spiro atoms. The Balaban J connectivity index is 2.79.